The average Bonchev–Trinajstić information content (AvgIpc) is 2.96. The second-order valence-electron chi connectivity index (χ2n) is 4.05. The van der Waals surface area contributed by atoms with Crippen molar-refractivity contribution in [3.63, 3.8) is 0 Å². The van der Waals surface area contributed by atoms with Crippen molar-refractivity contribution < 1.29 is 0 Å². The molecule has 3 rings (SSSR count). The number of hydrogen-bond donors (Lipinski definition) is 1. The zero-order valence-corrected chi connectivity index (χ0v) is 8.11. The van der Waals surface area contributed by atoms with Crippen LogP contribution in [0, 0.1) is 5.92 Å². The summed E-state index contributed by atoms with van der Waals surface area (Å²) in [5.41, 5.74) is 2.53. The first-order valence-electron chi connectivity index (χ1n) is 5.23. The molecule has 0 amide bonds. The van der Waals surface area contributed by atoms with E-state index in [2.05, 4.69) is 46.4 Å². The van der Waals surface area contributed by atoms with Gasteiger partial charge in [0.05, 0.1) is 11.2 Å². The third kappa shape index (κ3) is 1.37. The highest BCUT2D eigenvalue weighted by Gasteiger charge is 2.20. The molecule has 2 aromatic heterocycles. The van der Waals surface area contributed by atoms with Crippen LogP contribution in [0.5, 0.6) is 0 Å². The lowest BCUT2D eigenvalue weighted by Crippen LogP contribution is -2.02. The van der Waals surface area contributed by atoms with Crippen molar-refractivity contribution in [3.05, 3.63) is 36.7 Å². The maximum Gasteiger partial charge on any atom is 0.0683 e. The van der Waals surface area contributed by atoms with E-state index in [0.717, 1.165) is 12.5 Å². The van der Waals surface area contributed by atoms with Crippen LogP contribution in [0.25, 0.3) is 5.52 Å². The minimum absolute atomic E-state index is 0.925. The van der Waals surface area contributed by atoms with Gasteiger partial charge in [0.1, 0.15) is 0 Å². The first-order chi connectivity index (χ1) is 6.93. The van der Waals surface area contributed by atoms with Crippen LogP contribution in [0.1, 0.15) is 12.8 Å². The number of fused-ring (bicyclic) bond motifs is 1. The predicted molar refractivity (Wildman–Crippen MR) is 58.6 cm³/mol. The van der Waals surface area contributed by atoms with Crippen LogP contribution in [-0.4, -0.2) is 10.9 Å². The van der Waals surface area contributed by atoms with Gasteiger partial charge in [-0.1, -0.05) is 6.07 Å². The molecule has 1 N–H and O–H groups in total. The Balaban J connectivity index is 1.87. The molecule has 1 fully saturated rings. The van der Waals surface area contributed by atoms with E-state index in [4.69, 9.17) is 0 Å². The third-order valence-electron chi connectivity index (χ3n) is 2.85. The summed E-state index contributed by atoms with van der Waals surface area (Å²) in [7, 11) is 0. The van der Waals surface area contributed by atoms with Gasteiger partial charge in [0.25, 0.3) is 0 Å². The molecule has 1 aliphatic carbocycles. The normalized spacial score (nSPS) is 16.0. The number of hydrogen-bond acceptors (Lipinski definition) is 1. The molecule has 0 saturated heterocycles. The molecule has 72 valence electrons. The summed E-state index contributed by atoms with van der Waals surface area (Å²) in [4.78, 5) is 0. The zero-order valence-electron chi connectivity index (χ0n) is 8.11. The maximum absolute atomic E-state index is 3.51. The topological polar surface area (TPSA) is 16.4 Å². The molecule has 2 heterocycles. The predicted octanol–water partition coefficient (Wildman–Crippen LogP) is 2.76. The molecule has 0 spiro atoms. The van der Waals surface area contributed by atoms with Crippen molar-refractivity contribution in [2.45, 2.75) is 12.8 Å². The van der Waals surface area contributed by atoms with Gasteiger partial charge in [-0.25, -0.2) is 0 Å². The van der Waals surface area contributed by atoms with Gasteiger partial charge in [0, 0.05) is 18.9 Å². The molecule has 1 saturated carbocycles. The molecule has 2 aromatic rings. The molecule has 0 aliphatic heterocycles. The van der Waals surface area contributed by atoms with Crippen LogP contribution in [0.4, 0.5) is 5.69 Å². The molecule has 0 unspecified atom stereocenters. The van der Waals surface area contributed by atoms with E-state index in [1.54, 1.807) is 0 Å². The molecule has 2 heteroatoms. The van der Waals surface area contributed by atoms with E-state index in [1.807, 2.05) is 0 Å². The van der Waals surface area contributed by atoms with Crippen LogP contribution >= 0.6 is 0 Å². The molecule has 1 aliphatic rings. The fourth-order valence-corrected chi connectivity index (χ4v) is 1.78. The maximum atomic E-state index is 3.51. The van der Waals surface area contributed by atoms with Crippen LogP contribution in [0.3, 0.4) is 0 Å². The zero-order chi connectivity index (χ0) is 9.38. The fourth-order valence-electron chi connectivity index (χ4n) is 1.78. The first-order valence-corrected chi connectivity index (χ1v) is 5.23. The molecule has 0 atom stereocenters. The van der Waals surface area contributed by atoms with Gasteiger partial charge in [-0.05, 0) is 37.0 Å². The number of anilines is 1. The summed E-state index contributed by atoms with van der Waals surface area (Å²) in [6.45, 7) is 1.13. The van der Waals surface area contributed by atoms with Gasteiger partial charge in [-0.15, -0.1) is 0 Å². The minimum Gasteiger partial charge on any atom is -0.383 e. The summed E-state index contributed by atoms with van der Waals surface area (Å²) in [6.07, 6.45) is 6.99. The van der Waals surface area contributed by atoms with E-state index in [1.165, 1.54) is 24.0 Å². The molecule has 0 aromatic carbocycles. The van der Waals surface area contributed by atoms with Crippen molar-refractivity contribution in [2.75, 3.05) is 11.9 Å². The van der Waals surface area contributed by atoms with Gasteiger partial charge >= 0.3 is 0 Å². The molecule has 14 heavy (non-hydrogen) atoms. The number of nitrogens with zero attached hydrogens (tertiary/aromatic N) is 1. The van der Waals surface area contributed by atoms with Crippen LogP contribution in [0.2, 0.25) is 0 Å². The summed E-state index contributed by atoms with van der Waals surface area (Å²) >= 11 is 0. The molecular formula is C12H14N2. The summed E-state index contributed by atoms with van der Waals surface area (Å²) in [5.74, 6) is 0.925. The summed E-state index contributed by atoms with van der Waals surface area (Å²) in [5, 5.41) is 3.51. The van der Waals surface area contributed by atoms with Gasteiger partial charge in [-0.3, -0.25) is 0 Å². The largest absolute Gasteiger partial charge is 0.383 e. The molecule has 2 nitrogen and oxygen atoms in total. The number of pyridine rings is 1. The highest BCUT2D eigenvalue weighted by molar-refractivity contribution is 5.72. The Morgan fingerprint density at radius 3 is 3.00 bits per heavy atom. The van der Waals surface area contributed by atoms with E-state index in [9.17, 15) is 0 Å². The Hall–Kier alpha value is -1.44. The van der Waals surface area contributed by atoms with Crippen molar-refractivity contribution in [1.29, 1.82) is 0 Å². The van der Waals surface area contributed by atoms with E-state index in [-0.39, 0.29) is 0 Å². The standard InChI is InChI=1S/C12H14N2/c1-2-7-14-8-6-11(12(14)3-1)13-9-10-4-5-10/h1-3,6-8,10,13H,4-5,9H2. The first kappa shape index (κ1) is 7.92. The van der Waals surface area contributed by atoms with Gasteiger partial charge < -0.3 is 9.72 Å². The van der Waals surface area contributed by atoms with Crippen LogP contribution in [0.15, 0.2) is 36.7 Å². The van der Waals surface area contributed by atoms with E-state index >= 15 is 0 Å². The van der Waals surface area contributed by atoms with E-state index in [0.29, 0.717) is 0 Å². The molecule has 0 bridgehead atoms. The van der Waals surface area contributed by atoms with E-state index < -0.39 is 0 Å². The van der Waals surface area contributed by atoms with Crippen molar-refractivity contribution in [1.82, 2.24) is 4.40 Å². The Morgan fingerprint density at radius 2 is 2.14 bits per heavy atom. The number of nitrogens with one attached hydrogen (secondary N) is 1. The lowest BCUT2D eigenvalue weighted by atomic mass is 10.3. The Kier molecular flexibility index (Phi) is 1.72. The van der Waals surface area contributed by atoms with Crippen molar-refractivity contribution >= 4 is 11.2 Å². The van der Waals surface area contributed by atoms with Crippen molar-refractivity contribution in [3.8, 4) is 0 Å². The lowest BCUT2D eigenvalue weighted by Gasteiger charge is -2.03. The summed E-state index contributed by atoms with van der Waals surface area (Å²) in [6, 6.07) is 8.43. The summed E-state index contributed by atoms with van der Waals surface area (Å²) < 4.78 is 2.15. The highest BCUT2D eigenvalue weighted by atomic mass is 15.0. The monoisotopic (exact) mass is 186 g/mol. The van der Waals surface area contributed by atoms with Crippen LogP contribution in [-0.2, 0) is 0 Å². The second kappa shape index (κ2) is 3.05. The third-order valence-corrected chi connectivity index (χ3v) is 2.85. The quantitative estimate of drug-likeness (QED) is 0.779. The molecular weight excluding hydrogens is 172 g/mol. The fraction of sp³-hybridized carbons (Fsp3) is 0.333. The van der Waals surface area contributed by atoms with Crippen LogP contribution < -0.4 is 5.32 Å². The van der Waals surface area contributed by atoms with Gasteiger partial charge in [0.2, 0.25) is 0 Å². The molecule has 0 radical (unpaired) electrons. The van der Waals surface area contributed by atoms with Gasteiger partial charge in [0.15, 0.2) is 0 Å². The number of rotatable bonds is 3. The minimum atomic E-state index is 0.925. The lowest BCUT2D eigenvalue weighted by molar-refractivity contribution is 0.890. The highest BCUT2D eigenvalue weighted by Crippen LogP contribution is 2.29. The Labute approximate surface area is 83.6 Å². The van der Waals surface area contributed by atoms with Gasteiger partial charge in [-0.2, -0.15) is 0 Å². The van der Waals surface area contributed by atoms with Crippen molar-refractivity contribution in [2.24, 2.45) is 5.92 Å². The number of aromatic nitrogens is 1. The average molecular weight is 186 g/mol. The smallest absolute Gasteiger partial charge is 0.0683 e. The Bertz CT molecular complexity index is 440. The SMILES string of the molecule is c1ccn2ccc(NCC3CC3)c2c1. The Morgan fingerprint density at radius 1 is 1.21 bits per heavy atom. The second-order valence-corrected chi connectivity index (χ2v) is 4.05.